The van der Waals surface area contributed by atoms with Crippen molar-refractivity contribution in [2.24, 2.45) is 0 Å². The first kappa shape index (κ1) is 19.6. The summed E-state index contributed by atoms with van der Waals surface area (Å²) in [6.45, 7) is 2.40. The minimum atomic E-state index is -3.55. The van der Waals surface area contributed by atoms with Crippen molar-refractivity contribution in [3.8, 4) is 0 Å². The number of ketones is 1. The molecule has 1 amide bonds. The number of amides is 1. The maximum absolute atomic E-state index is 12.6. The molecule has 1 fully saturated rings. The van der Waals surface area contributed by atoms with Crippen LogP contribution in [0.5, 0.6) is 0 Å². The van der Waals surface area contributed by atoms with E-state index in [1.54, 1.807) is 24.3 Å². The van der Waals surface area contributed by atoms with Gasteiger partial charge in [-0.3, -0.25) is 9.59 Å². The van der Waals surface area contributed by atoms with E-state index in [1.165, 1.54) is 6.92 Å². The lowest BCUT2D eigenvalue weighted by atomic mass is 9.95. The van der Waals surface area contributed by atoms with E-state index < -0.39 is 20.5 Å². The Kier molecular flexibility index (Phi) is 6.33. The summed E-state index contributed by atoms with van der Waals surface area (Å²) in [7, 11) is -3.55. The summed E-state index contributed by atoms with van der Waals surface area (Å²) in [6, 6.07) is 6.50. The quantitative estimate of drug-likeness (QED) is 0.792. The van der Waals surface area contributed by atoms with Gasteiger partial charge in [-0.15, -0.1) is 12.4 Å². The maximum atomic E-state index is 12.6. The first-order valence-corrected chi connectivity index (χ1v) is 8.98. The number of carbonyl (C=O) groups is 2. The van der Waals surface area contributed by atoms with Gasteiger partial charge in [0.15, 0.2) is 20.4 Å². The lowest BCUT2D eigenvalue weighted by molar-refractivity contribution is -0.119. The molecule has 1 aliphatic heterocycles. The highest BCUT2D eigenvalue weighted by molar-refractivity contribution is 7.92. The van der Waals surface area contributed by atoms with Gasteiger partial charge in [0.2, 0.25) is 5.91 Å². The molecule has 1 aromatic carbocycles. The Balaban J connectivity index is 0.00000264. The molecule has 6 nitrogen and oxygen atoms in total. The summed E-state index contributed by atoms with van der Waals surface area (Å²) in [6.07, 6.45) is 1.58. The van der Waals surface area contributed by atoms with E-state index in [0.717, 1.165) is 6.26 Å². The molecule has 23 heavy (non-hydrogen) atoms. The smallest absolute Gasteiger partial charge is 0.245 e. The summed E-state index contributed by atoms with van der Waals surface area (Å²) in [4.78, 5) is 24.0. The molecule has 1 aromatic rings. The average Bonchev–Trinajstić information content (AvgIpc) is 2.47. The number of rotatable bonds is 4. The normalized spacial score (nSPS) is 17.0. The van der Waals surface area contributed by atoms with Gasteiger partial charge < -0.3 is 10.6 Å². The average molecular weight is 361 g/mol. The van der Waals surface area contributed by atoms with E-state index in [4.69, 9.17) is 0 Å². The van der Waals surface area contributed by atoms with Crippen LogP contribution in [0.3, 0.4) is 0 Å². The van der Waals surface area contributed by atoms with E-state index in [-0.39, 0.29) is 31.0 Å². The van der Waals surface area contributed by atoms with E-state index in [9.17, 15) is 18.0 Å². The van der Waals surface area contributed by atoms with Crippen LogP contribution in [-0.4, -0.2) is 44.2 Å². The molecule has 1 aliphatic rings. The number of nitrogens with one attached hydrogen (secondary N) is 2. The highest BCUT2D eigenvalue weighted by Crippen LogP contribution is 2.29. The summed E-state index contributed by atoms with van der Waals surface area (Å²) < 4.78 is 22.9. The summed E-state index contributed by atoms with van der Waals surface area (Å²) in [5, 5.41) is 5.72. The third kappa shape index (κ3) is 4.10. The minimum absolute atomic E-state index is 0. The van der Waals surface area contributed by atoms with Gasteiger partial charge in [-0.25, -0.2) is 8.42 Å². The van der Waals surface area contributed by atoms with Crippen LogP contribution in [0.25, 0.3) is 0 Å². The number of benzene rings is 1. The number of piperidine rings is 1. The SMILES string of the molecule is CC(=O)c1cccc(NC(=O)C2(S(C)(=O)=O)CCNCC2)c1.Cl. The van der Waals surface area contributed by atoms with Crippen LogP contribution in [0.15, 0.2) is 24.3 Å². The fourth-order valence-corrected chi connectivity index (χ4v) is 3.99. The maximum Gasteiger partial charge on any atom is 0.245 e. The molecule has 0 bridgehead atoms. The van der Waals surface area contributed by atoms with Crippen LogP contribution in [0.4, 0.5) is 5.69 Å². The standard InChI is InChI=1S/C15H20N2O4S.ClH/c1-11(18)12-4-3-5-13(10-12)17-14(19)15(22(2,20)21)6-8-16-9-7-15;/h3-5,10,16H,6-9H2,1-2H3,(H,17,19);1H. The van der Waals surface area contributed by atoms with Crippen LogP contribution in [-0.2, 0) is 14.6 Å². The largest absolute Gasteiger partial charge is 0.325 e. The zero-order valence-electron chi connectivity index (χ0n) is 13.1. The molecule has 0 aliphatic carbocycles. The second kappa shape index (κ2) is 7.42. The van der Waals surface area contributed by atoms with Gasteiger partial charge in [0, 0.05) is 17.5 Å². The topological polar surface area (TPSA) is 92.3 Å². The van der Waals surface area contributed by atoms with E-state index >= 15 is 0 Å². The second-order valence-electron chi connectivity index (χ2n) is 5.61. The van der Waals surface area contributed by atoms with Gasteiger partial charge in [-0.2, -0.15) is 0 Å². The van der Waals surface area contributed by atoms with Crippen molar-refractivity contribution in [3.63, 3.8) is 0 Å². The second-order valence-corrected chi connectivity index (χ2v) is 7.93. The predicted molar refractivity (Wildman–Crippen MR) is 92.0 cm³/mol. The number of Topliss-reactive ketones (excluding diaryl/α,β-unsaturated/α-hetero) is 1. The third-order valence-electron chi connectivity index (χ3n) is 4.06. The van der Waals surface area contributed by atoms with Gasteiger partial charge in [-0.05, 0) is 45.0 Å². The highest BCUT2D eigenvalue weighted by Gasteiger charge is 2.48. The summed E-state index contributed by atoms with van der Waals surface area (Å²) in [5.74, 6) is -0.645. The van der Waals surface area contributed by atoms with E-state index in [0.29, 0.717) is 24.3 Å². The van der Waals surface area contributed by atoms with Crippen molar-refractivity contribution in [1.29, 1.82) is 0 Å². The Morgan fingerprint density at radius 1 is 1.22 bits per heavy atom. The fourth-order valence-electron chi connectivity index (χ4n) is 2.66. The van der Waals surface area contributed by atoms with Crippen molar-refractivity contribution >= 4 is 39.6 Å². The molecule has 128 valence electrons. The molecule has 2 N–H and O–H groups in total. The molecule has 0 saturated carbocycles. The van der Waals surface area contributed by atoms with Crippen molar-refractivity contribution in [2.75, 3.05) is 24.7 Å². The van der Waals surface area contributed by atoms with Crippen LogP contribution < -0.4 is 10.6 Å². The number of halogens is 1. The van der Waals surface area contributed by atoms with Gasteiger partial charge >= 0.3 is 0 Å². The molecule has 0 spiro atoms. The van der Waals surface area contributed by atoms with Crippen LogP contribution >= 0.6 is 12.4 Å². The molecule has 0 radical (unpaired) electrons. The minimum Gasteiger partial charge on any atom is -0.325 e. The van der Waals surface area contributed by atoms with Crippen LogP contribution in [0.1, 0.15) is 30.1 Å². The summed E-state index contributed by atoms with van der Waals surface area (Å²) >= 11 is 0. The zero-order valence-corrected chi connectivity index (χ0v) is 14.7. The van der Waals surface area contributed by atoms with Gasteiger partial charge in [-0.1, -0.05) is 12.1 Å². The fraction of sp³-hybridized carbons (Fsp3) is 0.467. The molecule has 0 unspecified atom stereocenters. The van der Waals surface area contributed by atoms with Gasteiger partial charge in [0.05, 0.1) is 0 Å². The Morgan fingerprint density at radius 2 is 1.83 bits per heavy atom. The van der Waals surface area contributed by atoms with Crippen molar-refractivity contribution < 1.29 is 18.0 Å². The van der Waals surface area contributed by atoms with Gasteiger partial charge in [0.1, 0.15) is 0 Å². The number of anilines is 1. The first-order chi connectivity index (χ1) is 10.3. The molecule has 8 heteroatoms. The number of sulfone groups is 1. The number of carbonyl (C=O) groups excluding carboxylic acids is 2. The molecular weight excluding hydrogens is 340 g/mol. The predicted octanol–water partition coefficient (Wildman–Crippen LogP) is 1.42. The zero-order chi connectivity index (χ0) is 16.4. The summed E-state index contributed by atoms with van der Waals surface area (Å²) in [5.41, 5.74) is 0.899. The number of hydrogen-bond donors (Lipinski definition) is 2. The molecule has 2 rings (SSSR count). The third-order valence-corrected chi connectivity index (χ3v) is 6.07. The molecule has 1 heterocycles. The Bertz CT molecular complexity index is 697. The van der Waals surface area contributed by atoms with Crippen LogP contribution in [0.2, 0.25) is 0 Å². The lowest BCUT2D eigenvalue weighted by Crippen LogP contribution is -2.55. The van der Waals surface area contributed by atoms with Gasteiger partial charge in [0.25, 0.3) is 0 Å². The molecular formula is C15H21ClN2O4S. The molecule has 0 atom stereocenters. The first-order valence-electron chi connectivity index (χ1n) is 7.09. The van der Waals surface area contributed by atoms with Crippen LogP contribution in [0, 0.1) is 0 Å². The molecule has 0 aromatic heterocycles. The van der Waals surface area contributed by atoms with Crippen molar-refractivity contribution in [3.05, 3.63) is 29.8 Å². The monoisotopic (exact) mass is 360 g/mol. The number of hydrogen-bond acceptors (Lipinski definition) is 5. The lowest BCUT2D eigenvalue weighted by Gasteiger charge is -2.34. The van der Waals surface area contributed by atoms with Crippen molar-refractivity contribution in [1.82, 2.24) is 5.32 Å². The van der Waals surface area contributed by atoms with E-state index in [2.05, 4.69) is 10.6 Å². The Labute approximate surface area is 142 Å². The Morgan fingerprint density at radius 3 is 2.35 bits per heavy atom. The highest BCUT2D eigenvalue weighted by atomic mass is 35.5. The van der Waals surface area contributed by atoms with Crippen molar-refractivity contribution in [2.45, 2.75) is 24.5 Å². The molecule has 1 saturated heterocycles. The Hall–Kier alpha value is -1.44. The van der Waals surface area contributed by atoms with E-state index in [1.807, 2.05) is 0 Å².